The van der Waals surface area contributed by atoms with Gasteiger partial charge in [0.05, 0.1) is 0 Å². The summed E-state index contributed by atoms with van der Waals surface area (Å²) in [5.41, 5.74) is 0.952. The summed E-state index contributed by atoms with van der Waals surface area (Å²) in [6.45, 7) is 2.78. The molecule has 0 saturated heterocycles. The Morgan fingerprint density at radius 2 is 2.43 bits per heavy atom. The molecule has 1 aliphatic rings. The molecule has 4 heteroatoms. The van der Waals surface area contributed by atoms with Gasteiger partial charge >= 0.3 is 0 Å². The van der Waals surface area contributed by atoms with Crippen LogP contribution in [0.15, 0.2) is 10.5 Å². The molecular formula is C10H11NO3. The van der Waals surface area contributed by atoms with Crippen LogP contribution in [0.2, 0.25) is 0 Å². The van der Waals surface area contributed by atoms with Crippen molar-refractivity contribution in [2.24, 2.45) is 0 Å². The van der Waals surface area contributed by atoms with Crippen LogP contribution in [-0.4, -0.2) is 23.6 Å². The highest BCUT2D eigenvalue weighted by molar-refractivity contribution is 5.74. The summed E-state index contributed by atoms with van der Waals surface area (Å²) in [7, 11) is 0. The van der Waals surface area contributed by atoms with Crippen LogP contribution in [0.3, 0.4) is 0 Å². The molecule has 0 aromatic carbocycles. The Bertz CT molecular complexity index is 381. The van der Waals surface area contributed by atoms with Crippen molar-refractivity contribution in [1.82, 2.24) is 4.90 Å². The number of rotatable bonds is 1. The molecule has 74 valence electrons. The fourth-order valence-corrected chi connectivity index (χ4v) is 1.68. The molecule has 0 spiro atoms. The van der Waals surface area contributed by atoms with Gasteiger partial charge in [-0.05, 0) is 6.07 Å². The van der Waals surface area contributed by atoms with Crippen molar-refractivity contribution in [1.29, 1.82) is 0 Å². The van der Waals surface area contributed by atoms with E-state index in [9.17, 15) is 9.59 Å². The summed E-state index contributed by atoms with van der Waals surface area (Å²) < 4.78 is 5.28. The van der Waals surface area contributed by atoms with Crippen LogP contribution in [0.5, 0.6) is 0 Å². The van der Waals surface area contributed by atoms with E-state index in [-0.39, 0.29) is 5.91 Å². The smallest absolute Gasteiger partial charge is 0.219 e. The minimum absolute atomic E-state index is 0.0597. The summed E-state index contributed by atoms with van der Waals surface area (Å²) in [4.78, 5) is 23.3. The molecule has 2 heterocycles. The van der Waals surface area contributed by atoms with Gasteiger partial charge in [0.2, 0.25) is 5.91 Å². The van der Waals surface area contributed by atoms with Crippen LogP contribution in [0.1, 0.15) is 28.8 Å². The van der Waals surface area contributed by atoms with Crippen molar-refractivity contribution >= 4 is 12.2 Å². The number of amides is 1. The summed E-state index contributed by atoms with van der Waals surface area (Å²) >= 11 is 0. The van der Waals surface area contributed by atoms with E-state index in [0.717, 1.165) is 11.3 Å². The Balaban J connectivity index is 2.25. The lowest BCUT2D eigenvalue weighted by molar-refractivity contribution is -0.129. The highest BCUT2D eigenvalue weighted by Crippen LogP contribution is 2.21. The van der Waals surface area contributed by atoms with Crippen molar-refractivity contribution in [3.8, 4) is 0 Å². The molecule has 1 aliphatic heterocycles. The van der Waals surface area contributed by atoms with Crippen LogP contribution in [-0.2, 0) is 17.8 Å². The third-order valence-corrected chi connectivity index (χ3v) is 2.45. The van der Waals surface area contributed by atoms with Gasteiger partial charge < -0.3 is 9.32 Å². The van der Waals surface area contributed by atoms with Gasteiger partial charge in [-0.2, -0.15) is 0 Å². The van der Waals surface area contributed by atoms with Crippen molar-refractivity contribution in [2.75, 3.05) is 6.54 Å². The van der Waals surface area contributed by atoms with E-state index < -0.39 is 0 Å². The predicted molar refractivity (Wildman–Crippen MR) is 48.9 cm³/mol. The normalized spacial score (nSPS) is 15.1. The van der Waals surface area contributed by atoms with Gasteiger partial charge in [-0.3, -0.25) is 9.59 Å². The van der Waals surface area contributed by atoms with Crippen LogP contribution in [0.25, 0.3) is 0 Å². The molecule has 0 aliphatic carbocycles. The number of hydrogen-bond donors (Lipinski definition) is 0. The highest BCUT2D eigenvalue weighted by Gasteiger charge is 2.21. The molecule has 14 heavy (non-hydrogen) atoms. The minimum atomic E-state index is 0.0597. The molecule has 0 fully saturated rings. The van der Waals surface area contributed by atoms with Gasteiger partial charge in [-0.1, -0.05) is 0 Å². The fourth-order valence-electron chi connectivity index (χ4n) is 1.68. The molecule has 0 atom stereocenters. The Hall–Kier alpha value is -1.58. The fraction of sp³-hybridized carbons (Fsp3) is 0.400. The van der Waals surface area contributed by atoms with Crippen LogP contribution < -0.4 is 0 Å². The molecule has 1 aromatic heterocycles. The lowest BCUT2D eigenvalue weighted by Gasteiger charge is -2.24. The molecule has 2 rings (SSSR count). The maximum Gasteiger partial charge on any atom is 0.219 e. The quantitative estimate of drug-likeness (QED) is 0.625. The van der Waals surface area contributed by atoms with Gasteiger partial charge in [0.25, 0.3) is 0 Å². The second-order valence-electron chi connectivity index (χ2n) is 3.41. The molecule has 0 radical (unpaired) electrons. The van der Waals surface area contributed by atoms with Gasteiger partial charge in [-0.25, -0.2) is 0 Å². The molecular weight excluding hydrogens is 182 g/mol. The number of hydrogen-bond acceptors (Lipinski definition) is 3. The summed E-state index contributed by atoms with van der Waals surface area (Å²) in [5, 5.41) is 0. The third-order valence-electron chi connectivity index (χ3n) is 2.45. The monoisotopic (exact) mass is 193 g/mol. The second kappa shape index (κ2) is 3.29. The SMILES string of the molecule is CC(=O)N1CCc2oc(C=O)cc2C1. The standard InChI is InChI=1S/C10H11NO3/c1-7(13)11-3-2-10-8(5-11)4-9(6-12)14-10/h4,6H,2-3,5H2,1H3. The van der Waals surface area contributed by atoms with Crippen molar-refractivity contribution in [3.05, 3.63) is 23.2 Å². The molecule has 0 bridgehead atoms. The number of furan rings is 1. The van der Waals surface area contributed by atoms with E-state index >= 15 is 0 Å². The zero-order valence-corrected chi connectivity index (χ0v) is 7.95. The van der Waals surface area contributed by atoms with E-state index in [1.54, 1.807) is 17.9 Å². The Kier molecular flexibility index (Phi) is 2.11. The van der Waals surface area contributed by atoms with E-state index in [1.807, 2.05) is 0 Å². The zero-order valence-electron chi connectivity index (χ0n) is 7.95. The summed E-state index contributed by atoms with van der Waals surface area (Å²) in [6, 6.07) is 1.71. The average molecular weight is 193 g/mol. The van der Waals surface area contributed by atoms with E-state index in [4.69, 9.17) is 4.42 Å². The Morgan fingerprint density at radius 1 is 1.64 bits per heavy atom. The Labute approximate surface area is 81.5 Å². The minimum Gasteiger partial charge on any atom is -0.458 e. The first kappa shape index (κ1) is 8.99. The van der Waals surface area contributed by atoms with Crippen LogP contribution >= 0.6 is 0 Å². The van der Waals surface area contributed by atoms with Gasteiger partial charge in [0, 0.05) is 32.0 Å². The second-order valence-corrected chi connectivity index (χ2v) is 3.41. The molecule has 1 aromatic rings. The van der Waals surface area contributed by atoms with E-state index in [2.05, 4.69) is 0 Å². The number of aldehydes is 1. The zero-order chi connectivity index (χ0) is 10.1. The predicted octanol–water partition coefficient (Wildman–Crippen LogP) is 0.997. The largest absolute Gasteiger partial charge is 0.458 e. The molecule has 1 amide bonds. The number of fused-ring (bicyclic) bond motifs is 1. The first-order valence-corrected chi connectivity index (χ1v) is 4.53. The first-order valence-electron chi connectivity index (χ1n) is 4.53. The molecule has 0 saturated carbocycles. The lowest BCUT2D eigenvalue weighted by Crippen LogP contribution is -2.33. The van der Waals surface area contributed by atoms with Crippen molar-refractivity contribution < 1.29 is 14.0 Å². The Morgan fingerprint density at radius 3 is 3.07 bits per heavy atom. The van der Waals surface area contributed by atoms with Gasteiger partial charge in [0.15, 0.2) is 12.0 Å². The summed E-state index contributed by atoms with van der Waals surface area (Å²) in [6.07, 6.45) is 1.39. The third kappa shape index (κ3) is 1.43. The van der Waals surface area contributed by atoms with Crippen molar-refractivity contribution in [3.63, 3.8) is 0 Å². The maximum absolute atomic E-state index is 11.1. The summed E-state index contributed by atoms with van der Waals surface area (Å²) in [5.74, 6) is 1.24. The molecule has 0 N–H and O–H groups in total. The number of carbonyl (C=O) groups is 2. The maximum atomic E-state index is 11.1. The molecule has 4 nitrogen and oxygen atoms in total. The topological polar surface area (TPSA) is 50.5 Å². The number of nitrogens with zero attached hydrogens (tertiary/aromatic N) is 1. The number of carbonyl (C=O) groups excluding carboxylic acids is 2. The van der Waals surface area contributed by atoms with Crippen molar-refractivity contribution in [2.45, 2.75) is 19.9 Å². The van der Waals surface area contributed by atoms with E-state index in [0.29, 0.717) is 31.6 Å². The van der Waals surface area contributed by atoms with E-state index in [1.165, 1.54) is 0 Å². The molecule has 0 unspecified atom stereocenters. The van der Waals surface area contributed by atoms with Crippen LogP contribution in [0.4, 0.5) is 0 Å². The highest BCUT2D eigenvalue weighted by atomic mass is 16.3. The average Bonchev–Trinajstić information content (AvgIpc) is 2.58. The first-order chi connectivity index (χ1) is 6.70. The van der Waals surface area contributed by atoms with Crippen LogP contribution in [0, 0.1) is 0 Å². The lowest BCUT2D eigenvalue weighted by atomic mass is 10.1. The van der Waals surface area contributed by atoms with Gasteiger partial charge in [0.1, 0.15) is 5.76 Å². The van der Waals surface area contributed by atoms with Gasteiger partial charge in [-0.15, -0.1) is 0 Å².